The van der Waals surface area contributed by atoms with Crippen molar-refractivity contribution in [3.05, 3.63) is 38.8 Å². The van der Waals surface area contributed by atoms with E-state index in [4.69, 9.17) is 11.6 Å². The first kappa shape index (κ1) is 10.0. The maximum absolute atomic E-state index is 10.7. The van der Waals surface area contributed by atoms with E-state index in [-0.39, 0.29) is 10.2 Å². The Morgan fingerprint density at radius 2 is 2.07 bits per heavy atom. The van der Waals surface area contributed by atoms with Gasteiger partial charge >= 0.3 is 0 Å². The van der Waals surface area contributed by atoms with Gasteiger partial charge in [0.05, 0.1) is 10.5 Å². The van der Waals surface area contributed by atoms with Crippen LogP contribution in [-0.4, -0.2) is 15.1 Å². The molecule has 1 aromatic carbocycles. The van der Waals surface area contributed by atoms with Crippen molar-refractivity contribution in [2.24, 2.45) is 0 Å². The Balaban J connectivity index is 2.57. The highest BCUT2D eigenvalue weighted by Gasteiger charge is 2.17. The molecule has 76 valence electrons. The predicted octanol–water partition coefficient (Wildman–Crippen LogP) is 2.77. The van der Waals surface area contributed by atoms with E-state index in [1.807, 2.05) is 0 Å². The van der Waals surface area contributed by atoms with Crippen LogP contribution in [0.2, 0.25) is 4.47 Å². The van der Waals surface area contributed by atoms with Crippen molar-refractivity contribution < 1.29 is 4.92 Å². The lowest BCUT2D eigenvalue weighted by molar-refractivity contribution is -0.384. The van der Waals surface area contributed by atoms with Gasteiger partial charge in [0.2, 0.25) is 4.47 Å². The minimum absolute atomic E-state index is 0.00492. The molecule has 0 atom stereocenters. The Bertz CT molecular complexity index is 514. The molecule has 2 rings (SSSR count). The summed E-state index contributed by atoms with van der Waals surface area (Å²) in [6.07, 6.45) is 0. The molecule has 7 heteroatoms. The van der Waals surface area contributed by atoms with Crippen molar-refractivity contribution in [3.8, 4) is 10.6 Å². The van der Waals surface area contributed by atoms with E-state index < -0.39 is 4.92 Å². The summed E-state index contributed by atoms with van der Waals surface area (Å²) in [6.45, 7) is 0. The molecule has 1 heterocycles. The number of halogens is 1. The molecule has 0 spiro atoms. The topological polar surface area (TPSA) is 68.9 Å². The molecule has 0 bridgehead atoms. The molecule has 0 aliphatic carbocycles. The molecular formula is C8H4ClN3O2S. The Hall–Kier alpha value is -1.53. The Labute approximate surface area is 93.5 Å². The van der Waals surface area contributed by atoms with Crippen molar-refractivity contribution in [2.75, 3.05) is 0 Å². The number of hydrogen-bond donors (Lipinski definition) is 0. The fourth-order valence-corrected chi connectivity index (χ4v) is 1.99. The van der Waals surface area contributed by atoms with Crippen LogP contribution in [0, 0.1) is 10.1 Å². The van der Waals surface area contributed by atoms with Crippen molar-refractivity contribution >= 4 is 28.6 Å². The summed E-state index contributed by atoms with van der Waals surface area (Å²) in [5.41, 5.74) is 0.442. The van der Waals surface area contributed by atoms with Gasteiger partial charge in [-0.1, -0.05) is 23.5 Å². The number of nitrogens with zero attached hydrogens (tertiary/aromatic N) is 3. The number of nitro benzene ring substituents is 1. The number of rotatable bonds is 2. The van der Waals surface area contributed by atoms with Crippen molar-refractivity contribution in [3.63, 3.8) is 0 Å². The SMILES string of the molecule is O=[N+]([O-])c1ccccc1-c1nnc(Cl)s1. The molecule has 0 saturated heterocycles. The number of hydrogen-bond acceptors (Lipinski definition) is 5. The zero-order chi connectivity index (χ0) is 10.8. The monoisotopic (exact) mass is 241 g/mol. The van der Waals surface area contributed by atoms with Gasteiger partial charge in [-0.05, 0) is 17.7 Å². The molecule has 5 nitrogen and oxygen atoms in total. The predicted molar refractivity (Wildman–Crippen MR) is 57.0 cm³/mol. The first-order valence-electron chi connectivity index (χ1n) is 3.91. The quantitative estimate of drug-likeness (QED) is 0.599. The highest BCUT2D eigenvalue weighted by Crippen LogP contribution is 2.32. The first-order valence-corrected chi connectivity index (χ1v) is 5.11. The van der Waals surface area contributed by atoms with Crippen molar-refractivity contribution in [1.82, 2.24) is 10.2 Å². The molecule has 0 aliphatic rings. The summed E-state index contributed by atoms with van der Waals surface area (Å²) in [4.78, 5) is 10.3. The molecule has 0 amide bonds. The van der Waals surface area contributed by atoms with E-state index in [9.17, 15) is 10.1 Å². The average molecular weight is 242 g/mol. The van der Waals surface area contributed by atoms with E-state index in [2.05, 4.69) is 10.2 Å². The van der Waals surface area contributed by atoms with E-state index in [1.54, 1.807) is 18.2 Å². The number of benzene rings is 1. The number of para-hydroxylation sites is 1. The Morgan fingerprint density at radius 1 is 1.33 bits per heavy atom. The van der Waals surface area contributed by atoms with Crippen LogP contribution < -0.4 is 0 Å². The summed E-state index contributed by atoms with van der Waals surface area (Å²) in [5.74, 6) is 0. The third kappa shape index (κ3) is 1.95. The maximum Gasteiger partial charge on any atom is 0.279 e. The Kier molecular flexibility index (Phi) is 2.61. The van der Waals surface area contributed by atoms with Gasteiger partial charge in [-0.15, -0.1) is 10.2 Å². The zero-order valence-corrected chi connectivity index (χ0v) is 8.83. The molecular weight excluding hydrogens is 238 g/mol. The van der Waals surface area contributed by atoms with Crippen LogP contribution >= 0.6 is 22.9 Å². The van der Waals surface area contributed by atoms with Crippen molar-refractivity contribution in [2.45, 2.75) is 0 Å². The highest BCUT2D eigenvalue weighted by atomic mass is 35.5. The molecule has 0 aliphatic heterocycles. The lowest BCUT2D eigenvalue weighted by Crippen LogP contribution is -1.90. The Morgan fingerprint density at radius 3 is 2.67 bits per heavy atom. The van der Waals surface area contributed by atoms with Gasteiger partial charge in [0, 0.05) is 6.07 Å². The van der Waals surface area contributed by atoms with E-state index in [0.717, 1.165) is 11.3 Å². The van der Waals surface area contributed by atoms with Crippen molar-refractivity contribution in [1.29, 1.82) is 0 Å². The summed E-state index contributed by atoms with van der Waals surface area (Å²) in [6, 6.07) is 6.35. The molecule has 2 aromatic rings. The minimum atomic E-state index is -0.454. The summed E-state index contributed by atoms with van der Waals surface area (Å²) < 4.78 is 0.267. The molecule has 15 heavy (non-hydrogen) atoms. The second-order valence-corrected chi connectivity index (χ2v) is 4.19. The summed E-state index contributed by atoms with van der Waals surface area (Å²) in [5, 5.41) is 18.5. The largest absolute Gasteiger partial charge is 0.279 e. The van der Waals surface area contributed by atoms with Gasteiger partial charge in [0.15, 0.2) is 5.01 Å². The van der Waals surface area contributed by atoms with Gasteiger partial charge in [-0.3, -0.25) is 10.1 Å². The van der Waals surface area contributed by atoms with E-state index in [1.165, 1.54) is 6.07 Å². The molecule has 0 unspecified atom stereocenters. The van der Waals surface area contributed by atoms with Crippen LogP contribution in [0.25, 0.3) is 10.6 Å². The number of aromatic nitrogens is 2. The summed E-state index contributed by atoms with van der Waals surface area (Å²) in [7, 11) is 0. The van der Waals surface area contributed by atoms with Gasteiger partial charge in [0.25, 0.3) is 5.69 Å². The zero-order valence-electron chi connectivity index (χ0n) is 7.25. The minimum Gasteiger partial charge on any atom is -0.258 e. The molecule has 1 aromatic heterocycles. The van der Waals surface area contributed by atoms with Crippen LogP contribution in [0.5, 0.6) is 0 Å². The van der Waals surface area contributed by atoms with Gasteiger partial charge in [-0.25, -0.2) is 0 Å². The normalized spacial score (nSPS) is 10.2. The second kappa shape index (κ2) is 3.92. The first-order chi connectivity index (χ1) is 7.18. The molecule has 0 saturated carbocycles. The van der Waals surface area contributed by atoms with Gasteiger partial charge < -0.3 is 0 Å². The third-order valence-corrected chi connectivity index (χ3v) is 2.78. The third-order valence-electron chi connectivity index (χ3n) is 1.73. The molecule has 0 fully saturated rings. The lowest BCUT2D eigenvalue weighted by Gasteiger charge is -1.96. The number of nitro groups is 1. The van der Waals surface area contributed by atoms with Gasteiger partial charge in [-0.2, -0.15) is 0 Å². The van der Waals surface area contributed by atoms with E-state index in [0.29, 0.717) is 10.6 Å². The maximum atomic E-state index is 10.7. The van der Waals surface area contributed by atoms with Crippen LogP contribution in [0.15, 0.2) is 24.3 Å². The smallest absolute Gasteiger partial charge is 0.258 e. The standard InChI is InChI=1S/C8H4ClN3O2S/c9-8-11-10-7(15-8)5-3-1-2-4-6(5)12(13)14/h1-4H. The fourth-order valence-electron chi connectivity index (χ4n) is 1.13. The summed E-state index contributed by atoms with van der Waals surface area (Å²) >= 11 is 6.73. The average Bonchev–Trinajstić information content (AvgIpc) is 2.65. The fraction of sp³-hybridized carbons (Fsp3) is 0. The van der Waals surface area contributed by atoms with Crippen LogP contribution in [-0.2, 0) is 0 Å². The second-order valence-electron chi connectivity index (χ2n) is 2.63. The van der Waals surface area contributed by atoms with E-state index >= 15 is 0 Å². The lowest BCUT2D eigenvalue weighted by atomic mass is 10.2. The highest BCUT2D eigenvalue weighted by molar-refractivity contribution is 7.18. The van der Waals surface area contributed by atoms with Gasteiger partial charge in [0.1, 0.15) is 0 Å². The van der Waals surface area contributed by atoms with Crippen LogP contribution in [0.4, 0.5) is 5.69 Å². The molecule has 0 N–H and O–H groups in total. The van der Waals surface area contributed by atoms with Crippen LogP contribution in [0.1, 0.15) is 0 Å². The van der Waals surface area contributed by atoms with Crippen LogP contribution in [0.3, 0.4) is 0 Å². The molecule has 0 radical (unpaired) electrons.